The second-order valence-electron chi connectivity index (χ2n) is 11.3. The zero-order chi connectivity index (χ0) is 23.2. The lowest BCUT2D eigenvalue weighted by Gasteiger charge is -2.39. The topological polar surface area (TPSA) is 66.4 Å². The molecule has 2 aromatic rings. The number of amides is 2. The molecule has 1 aromatic carbocycles. The van der Waals surface area contributed by atoms with Crippen molar-refractivity contribution in [2.45, 2.75) is 90.6 Å². The van der Waals surface area contributed by atoms with Crippen molar-refractivity contribution in [3.63, 3.8) is 0 Å². The number of fused-ring (bicyclic) bond motifs is 3. The molecule has 1 unspecified atom stereocenters. The van der Waals surface area contributed by atoms with Crippen LogP contribution in [0.2, 0.25) is 0 Å². The van der Waals surface area contributed by atoms with Gasteiger partial charge in [-0.2, -0.15) is 0 Å². The Morgan fingerprint density at radius 3 is 2.55 bits per heavy atom. The smallest absolute Gasteiger partial charge is 0.252 e. The van der Waals surface area contributed by atoms with Crippen molar-refractivity contribution < 1.29 is 9.59 Å². The number of carbonyl (C=O) groups is 2. The van der Waals surface area contributed by atoms with Crippen LogP contribution in [0.15, 0.2) is 18.2 Å². The van der Waals surface area contributed by atoms with Crippen molar-refractivity contribution >= 4 is 22.7 Å². The summed E-state index contributed by atoms with van der Waals surface area (Å²) in [5.74, 6) is 0.391. The molecular weight excluding hydrogens is 412 g/mol. The van der Waals surface area contributed by atoms with E-state index in [1.54, 1.807) is 0 Å². The van der Waals surface area contributed by atoms with Crippen LogP contribution in [0.25, 0.3) is 10.9 Å². The van der Waals surface area contributed by atoms with Crippen LogP contribution in [0.4, 0.5) is 0 Å². The third-order valence-corrected chi connectivity index (χ3v) is 7.93. The van der Waals surface area contributed by atoms with E-state index in [1.807, 2.05) is 20.8 Å². The van der Waals surface area contributed by atoms with Crippen LogP contribution >= 0.6 is 0 Å². The van der Waals surface area contributed by atoms with E-state index >= 15 is 0 Å². The Labute approximate surface area is 197 Å². The average molecular weight is 451 g/mol. The Morgan fingerprint density at radius 2 is 1.79 bits per heavy atom. The van der Waals surface area contributed by atoms with Crippen molar-refractivity contribution in [2.75, 3.05) is 13.1 Å². The third-order valence-electron chi connectivity index (χ3n) is 7.93. The van der Waals surface area contributed by atoms with Crippen molar-refractivity contribution in [1.82, 2.24) is 20.3 Å². The lowest BCUT2D eigenvalue weighted by atomic mass is 9.83. The minimum Gasteiger partial charge on any atom is -0.342 e. The number of hydrazine groups is 1. The molecule has 1 fully saturated rings. The summed E-state index contributed by atoms with van der Waals surface area (Å²) >= 11 is 0. The maximum Gasteiger partial charge on any atom is 0.252 e. The molecule has 2 aliphatic carbocycles. The summed E-state index contributed by atoms with van der Waals surface area (Å²) in [6, 6.07) is 7.50. The number of nitrogens with one attached hydrogen (secondary N) is 2. The summed E-state index contributed by atoms with van der Waals surface area (Å²) in [6.45, 7) is 7.57. The lowest BCUT2D eigenvalue weighted by molar-refractivity contribution is -0.134. The predicted molar refractivity (Wildman–Crippen MR) is 131 cm³/mol. The van der Waals surface area contributed by atoms with E-state index in [0.717, 1.165) is 38.3 Å². The normalized spacial score (nSPS) is 21.6. The number of nitrogens with zero attached hydrogens (tertiary/aromatic N) is 2. The number of benzene rings is 1. The van der Waals surface area contributed by atoms with Gasteiger partial charge in [-0.25, -0.2) is 0 Å². The molecule has 2 amide bonds. The van der Waals surface area contributed by atoms with Crippen LogP contribution in [0.5, 0.6) is 0 Å². The average Bonchev–Trinajstić information content (AvgIpc) is 3.13. The molecule has 1 aliphatic heterocycles. The van der Waals surface area contributed by atoms with E-state index in [9.17, 15) is 9.59 Å². The zero-order valence-electron chi connectivity index (χ0n) is 20.4. The Bertz CT molecular complexity index is 1060. The van der Waals surface area contributed by atoms with Gasteiger partial charge in [-0.1, -0.05) is 46.1 Å². The van der Waals surface area contributed by atoms with Gasteiger partial charge in [0.25, 0.3) is 5.91 Å². The largest absolute Gasteiger partial charge is 0.342 e. The fourth-order valence-corrected chi connectivity index (χ4v) is 6.11. The van der Waals surface area contributed by atoms with E-state index in [0.29, 0.717) is 6.54 Å². The number of carbonyl (C=O) groups excluding carboxylic acids is 2. The van der Waals surface area contributed by atoms with Crippen molar-refractivity contribution in [3.05, 3.63) is 35.0 Å². The highest BCUT2D eigenvalue weighted by molar-refractivity contribution is 5.88. The van der Waals surface area contributed by atoms with Crippen LogP contribution in [-0.4, -0.2) is 34.4 Å². The maximum absolute atomic E-state index is 12.6. The van der Waals surface area contributed by atoms with Crippen LogP contribution in [0, 0.1) is 5.41 Å². The van der Waals surface area contributed by atoms with Gasteiger partial charge in [-0.15, -0.1) is 0 Å². The lowest BCUT2D eigenvalue weighted by Crippen LogP contribution is -2.51. The van der Waals surface area contributed by atoms with Gasteiger partial charge in [0.15, 0.2) is 0 Å². The second-order valence-corrected chi connectivity index (χ2v) is 11.3. The van der Waals surface area contributed by atoms with Crippen LogP contribution in [0.1, 0.15) is 94.5 Å². The molecule has 3 aliphatic rings. The van der Waals surface area contributed by atoms with Crippen LogP contribution < -0.4 is 10.9 Å². The SMILES string of the molecule is CC(C)(C)C(=O)NNC(=O)CN1CCn2c3c(c4cc(C5CCCCC5)ccc42)CCCC31. The van der Waals surface area contributed by atoms with Crippen LogP contribution in [-0.2, 0) is 22.6 Å². The molecule has 6 nitrogen and oxygen atoms in total. The van der Waals surface area contributed by atoms with Gasteiger partial charge in [-0.3, -0.25) is 25.3 Å². The second kappa shape index (κ2) is 8.79. The molecule has 0 saturated heterocycles. The summed E-state index contributed by atoms with van der Waals surface area (Å²) in [5.41, 5.74) is 10.5. The minimum atomic E-state index is -0.534. The van der Waals surface area contributed by atoms with Gasteiger partial charge in [0.2, 0.25) is 5.91 Å². The van der Waals surface area contributed by atoms with Crippen molar-refractivity contribution in [3.8, 4) is 0 Å². The fraction of sp³-hybridized carbons (Fsp3) is 0.630. The number of rotatable bonds is 3. The molecule has 33 heavy (non-hydrogen) atoms. The molecule has 1 aromatic heterocycles. The van der Waals surface area contributed by atoms with E-state index in [1.165, 1.54) is 59.8 Å². The Kier molecular flexibility index (Phi) is 5.98. The number of aryl methyl sites for hydroxylation is 1. The first-order valence-corrected chi connectivity index (χ1v) is 12.8. The Morgan fingerprint density at radius 1 is 1.00 bits per heavy atom. The highest BCUT2D eigenvalue weighted by Gasteiger charge is 2.36. The van der Waals surface area contributed by atoms with E-state index < -0.39 is 5.41 Å². The van der Waals surface area contributed by atoms with Gasteiger partial charge in [-0.05, 0) is 61.3 Å². The monoisotopic (exact) mass is 450 g/mol. The molecule has 6 heteroatoms. The first kappa shape index (κ1) is 22.5. The van der Waals surface area contributed by atoms with E-state index in [-0.39, 0.29) is 17.9 Å². The molecule has 0 spiro atoms. The van der Waals surface area contributed by atoms with Gasteiger partial charge in [0.05, 0.1) is 12.6 Å². The fourth-order valence-electron chi connectivity index (χ4n) is 6.11. The summed E-state index contributed by atoms with van der Waals surface area (Å²) in [7, 11) is 0. The highest BCUT2D eigenvalue weighted by atomic mass is 16.2. The highest BCUT2D eigenvalue weighted by Crippen LogP contribution is 2.44. The van der Waals surface area contributed by atoms with Gasteiger partial charge >= 0.3 is 0 Å². The third kappa shape index (κ3) is 4.30. The molecule has 5 rings (SSSR count). The first-order valence-electron chi connectivity index (χ1n) is 12.8. The Balaban J connectivity index is 1.36. The molecule has 2 heterocycles. The van der Waals surface area contributed by atoms with Crippen molar-refractivity contribution in [1.29, 1.82) is 0 Å². The first-order chi connectivity index (χ1) is 15.8. The molecule has 1 saturated carbocycles. The molecule has 2 N–H and O–H groups in total. The molecule has 178 valence electrons. The van der Waals surface area contributed by atoms with Gasteiger partial charge in [0.1, 0.15) is 0 Å². The number of aromatic nitrogens is 1. The predicted octanol–water partition coefficient (Wildman–Crippen LogP) is 4.58. The van der Waals surface area contributed by atoms with Crippen molar-refractivity contribution in [2.24, 2.45) is 5.41 Å². The number of hydrogen-bond acceptors (Lipinski definition) is 3. The maximum atomic E-state index is 12.6. The van der Waals surface area contributed by atoms with Gasteiger partial charge < -0.3 is 4.57 Å². The van der Waals surface area contributed by atoms with E-state index in [4.69, 9.17) is 0 Å². The quantitative estimate of drug-likeness (QED) is 0.673. The molecule has 1 atom stereocenters. The molecule has 0 radical (unpaired) electrons. The standard InChI is InChI=1S/C27H38N4O2/c1-27(2,3)26(33)29-28-24(32)17-30-14-15-31-22-13-12-19(18-8-5-4-6-9-18)16-21(22)20-10-7-11-23(30)25(20)31/h12-13,16,18,23H,4-11,14-15,17H2,1-3H3,(H,28,32)(H,29,33). The van der Waals surface area contributed by atoms with Crippen LogP contribution in [0.3, 0.4) is 0 Å². The summed E-state index contributed by atoms with van der Waals surface area (Å²) in [5, 5.41) is 1.45. The summed E-state index contributed by atoms with van der Waals surface area (Å²) in [4.78, 5) is 27.0. The molecular formula is C27H38N4O2. The van der Waals surface area contributed by atoms with E-state index in [2.05, 4.69) is 38.5 Å². The zero-order valence-corrected chi connectivity index (χ0v) is 20.4. The summed E-state index contributed by atoms with van der Waals surface area (Å²) in [6.07, 6.45) is 10.1. The van der Waals surface area contributed by atoms with Gasteiger partial charge in [0, 0.05) is 35.1 Å². The number of hydrogen-bond donors (Lipinski definition) is 2. The Hall–Kier alpha value is -2.34. The minimum absolute atomic E-state index is 0.149. The molecule has 0 bridgehead atoms. The summed E-state index contributed by atoms with van der Waals surface area (Å²) < 4.78 is 2.52.